The first-order chi connectivity index (χ1) is 11.7. The van der Waals surface area contributed by atoms with Crippen molar-refractivity contribution in [2.24, 2.45) is 4.99 Å². The van der Waals surface area contributed by atoms with Crippen molar-refractivity contribution in [1.82, 2.24) is 5.32 Å². The molecule has 1 N–H and O–H groups in total. The second kappa shape index (κ2) is 5.93. The normalized spacial score (nSPS) is 19.1. The Morgan fingerprint density at radius 3 is 2.54 bits per heavy atom. The average Bonchev–Trinajstić information content (AvgIpc) is 2.96. The van der Waals surface area contributed by atoms with Gasteiger partial charge in [-0.05, 0) is 24.1 Å². The van der Waals surface area contributed by atoms with Crippen LogP contribution >= 0.6 is 0 Å². The molecule has 3 nitrogen and oxygen atoms in total. The lowest BCUT2D eigenvalue weighted by Gasteiger charge is -2.16. The SMILES string of the molecule is Cc1ccc(C2=C3NC=CC(=O)C3N=C2Cc2ccccc2)cc1. The monoisotopic (exact) mass is 314 g/mol. The van der Waals surface area contributed by atoms with Gasteiger partial charge in [0, 0.05) is 18.2 Å². The van der Waals surface area contributed by atoms with Crippen LogP contribution in [0.1, 0.15) is 16.7 Å². The number of hydrogen-bond donors (Lipinski definition) is 1. The number of hydrogen-bond acceptors (Lipinski definition) is 3. The summed E-state index contributed by atoms with van der Waals surface area (Å²) in [5.41, 5.74) is 6.44. The first-order valence-electron chi connectivity index (χ1n) is 8.11. The molecule has 1 unspecified atom stereocenters. The van der Waals surface area contributed by atoms with Crippen LogP contribution in [0.5, 0.6) is 0 Å². The van der Waals surface area contributed by atoms with Crippen molar-refractivity contribution in [3.63, 3.8) is 0 Å². The fourth-order valence-electron chi connectivity index (χ4n) is 3.20. The number of rotatable bonds is 3. The van der Waals surface area contributed by atoms with Gasteiger partial charge in [-0.1, -0.05) is 60.2 Å². The van der Waals surface area contributed by atoms with E-state index in [-0.39, 0.29) is 5.78 Å². The molecule has 0 radical (unpaired) electrons. The number of carbonyl (C=O) groups excluding carboxylic acids is 1. The van der Waals surface area contributed by atoms with Gasteiger partial charge in [-0.25, -0.2) is 0 Å². The van der Waals surface area contributed by atoms with Gasteiger partial charge in [0.15, 0.2) is 11.8 Å². The molecule has 0 bridgehead atoms. The molecule has 118 valence electrons. The number of nitrogens with one attached hydrogen (secondary N) is 1. The van der Waals surface area contributed by atoms with Crippen LogP contribution in [0.25, 0.3) is 5.57 Å². The van der Waals surface area contributed by atoms with Crippen LogP contribution in [0.15, 0.2) is 77.6 Å². The number of ketones is 1. The third-order valence-corrected chi connectivity index (χ3v) is 4.43. The second-order valence-corrected chi connectivity index (χ2v) is 6.18. The van der Waals surface area contributed by atoms with E-state index in [1.165, 1.54) is 11.1 Å². The van der Waals surface area contributed by atoms with Crippen LogP contribution in [-0.2, 0) is 11.2 Å². The van der Waals surface area contributed by atoms with Crippen LogP contribution in [0.2, 0.25) is 0 Å². The lowest BCUT2D eigenvalue weighted by Crippen LogP contribution is -2.28. The van der Waals surface area contributed by atoms with E-state index in [0.29, 0.717) is 0 Å². The topological polar surface area (TPSA) is 41.5 Å². The highest BCUT2D eigenvalue weighted by Gasteiger charge is 2.34. The Kier molecular flexibility index (Phi) is 3.62. The molecule has 4 rings (SSSR count). The van der Waals surface area contributed by atoms with E-state index in [4.69, 9.17) is 4.99 Å². The van der Waals surface area contributed by atoms with Gasteiger partial charge >= 0.3 is 0 Å². The van der Waals surface area contributed by atoms with Gasteiger partial charge in [-0.15, -0.1) is 0 Å². The summed E-state index contributed by atoms with van der Waals surface area (Å²) < 4.78 is 0. The standard InChI is InChI=1S/C21H18N2O/c1-14-7-9-16(10-8-14)19-17(13-15-5-3-2-4-6-15)23-20-18(24)11-12-22-21(19)20/h2-12,20,22H,13H2,1H3. The lowest BCUT2D eigenvalue weighted by molar-refractivity contribution is -0.115. The summed E-state index contributed by atoms with van der Waals surface area (Å²) in [4.78, 5) is 17.0. The maximum Gasteiger partial charge on any atom is 0.187 e. The number of aliphatic imine (C=N–C) groups is 1. The summed E-state index contributed by atoms with van der Waals surface area (Å²) in [6, 6.07) is 18.2. The van der Waals surface area contributed by atoms with Crippen molar-refractivity contribution >= 4 is 17.1 Å². The molecular weight excluding hydrogens is 296 g/mol. The van der Waals surface area contributed by atoms with Gasteiger partial charge in [0.2, 0.25) is 0 Å². The van der Waals surface area contributed by atoms with Crippen molar-refractivity contribution < 1.29 is 4.79 Å². The molecule has 0 saturated carbocycles. The van der Waals surface area contributed by atoms with E-state index in [1.807, 2.05) is 18.2 Å². The number of carbonyl (C=O) groups is 1. The Hall–Kier alpha value is -2.94. The van der Waals surface area contributed by atoms with E-state index < -0.39 is 6.04 Å². The van der Waals surface area contributed by atoms with Gasteiger partial charge in [0.05, 0.1) is 11.4 Å². The van der Waals surface area contributed by atoms with Gasteiger partial charge < -0.3 is 5.32 Å². The highest BCUT2D eigenvalue weighted by atomic mass is 16.1. The van der Waals surface area contributed by atoms with Crippen LogP contribution in [0.4, 0.5) is 0 Å². The quantitative estimate of drug-likeness (QED) is 0.942. The average molecular weight is 314 g/mol. The summed E-state index contributed by atoms with van der Waals surface area (Å²) >= 11 is 0. The molecule has 2 heterocycles. The molecule has 3 heteroatoms. The predicted octanol–water partition coefficient (Wildman–Crippen LogP) is 3.46. The number of aryl methyl sites for hydroxylation is 1. The zero-order valence-electron chi connectivity index (χ0n) is 13.5. The molecule has 1 atom stereocenters. The Morgan fingerprint density at radius 1 is 1.04 bits per heavy atom. The van der Waals surface area contributed by atoms with Crippen LogP contribution in [0.3, 0.4) is 0 Å². The molecule has 2 aromatic carbocycles. The molecule has 2 aliphatic heterocycles. The van der Waals surface area contributed by atoms with Crippen molar-refractivity contribution in [3.8, 4) is 0 Å². The van der Waals surface area contributed by atoms with Crippen molar-refractivity contribution in [3.05, 3.63) is 89.3 Å². The molecule has 0 aliphatic carbocycles. The molecule has 2 aromatic rings. The van der Waals surface area contributed by atoms with E-state index in [2.05, 4.69) is 48.6 Å². The highest BCUT2D eigenvalue weighted by molar-refractivity contribution is 6.29. The first-order valence-corrected chi connectivity index (χ1v) is 8.11. The van der Waals surface area contributed by atoms with Crippen LogP contribution in [-0.4, -0.2) is 17.5 Å². The predicted molar refractivity (Wildman–Crippen MR) is 96.8 cm³/mol. The number of benzene rings is 2. The van der Waals surface area contributed by atoms with Gasteiger partial charge in [-0.2, -0.15) is 0 Å². The largest absolute Gasteiger partial charge is 0.362 e. The lowest BCUT2D eigenvalue weighted by atomic mass is 9.93. The van der Waals surface area contributed by atoms with Gasteiger partial charge in [0.25, 0.3) is 0 Å². The van der Waals surface area contributed by atoms with Crippen LogP contribution < -0.4 is 5.32 Å². The smallest absolute Gasteiger partial charge is 0.187 e. The molecule has 0 spiro atoms. The Labute approximate surface area is 141 Å². The first kappa shape index (κ1) is 14.6. The summed E-state index contributed by atoms with van der Waals surface area (Å²) in [6.45, 7) is 2.07. The molecule has 24 heavy (non-hydrogen) atoms. The van der Waals surface area contributed by atoms with E-state index >= 15 is 0 Å². The zero-order chi connectivity index (χ0) is 16.5. The molecule has 0 amide bonds. The summed E-state index contributed by atoms with van der Waals surface area (Å²) in [7, 11) is 0. The minimum atomic E-state index is -0.426. The molecule has 0 aromatic heterocycles. The van der Waals surface area contributed by atoms with E-state index in [1.54, 1.807) is 12.3 Å². The van der Waals surface area contributed by atoms with Crippen LogP contribution in [0, 0.1) is 6.92 Å². The number of fused-ring (bicyclic) bond motifs is 1. The Morgan fingerprint density at radius 2 is 1.79 bits per heavy atom. The third kappa shape index (κ3) is 2.58. The summed E-state index contributed by atoms with van der Waals surface area (Å²) in [5, 5.41) is 3.25. The third-order valence-electron chi connectivity index (χ3n) is 4.43. The summed E-state index contributed by atoms with van der Waals surface area (Å²) in [5.74, 6) is 0.0384. The summed E-state index contributed by atoms with van der Waals surface area (Å²) in [6.07, 6.45) is 4.00. The fourth-order valence-corrected chi connectivity index (χ4v) is 3.20. The van der Waals surface area contributed by atoms with E-state index in [0.717, 1.165) is 29.0 Å². The molecule has 0 fully saturated rings. The Bertz CT molecular complexity index is 874. The van der Waals surface area contributed by atoms with Gasteiger partial charge in [0.1, 0.15) is 0 Å². The van der Waals surface area contributed by atoms with Crippen molar-refractivity contribution in [2.75, 3.05) is 0 Å². The molecule has 2 aliphatic rings. The minimum Gasteiger partial charge on any atom is -0.362 e. The van der Waals surface area contributed by atoms with E-state index in [9.17, 15) is 4.79 Å². The molecular formula is C21H18N2O. The Balaban J connectivity index is 1.79. The maximum atomic E-state index is 12.2. The minimum absolute atomic E-state index is 0.0384. The zero-order valence-corrected chi connectivity index (χ0v) is 13.5. The fraction of sp³-hybridized carbons (Fsp3) is 0.143. The highest BCUT2D eigenvalue weighted by Crippen LogP contribution is 2.32. The number of allylic oxidation sites excluding steroid dienone is 1. The van der Waals surface area contributed by atoms with Crippen molar-refractivity contribution in [2.45, 2.75) is 19.4 Å². The molecule has 0 saturated heterocycles. The number of nitrogens with zero attached hydrogens (tertiary/aromatic N) is 1. The second-order valence-electron chi connectivity index (χ2n) is 6.18. The maximum absolute atomic E-state index is 12.2. The van der Waals surface area contributed by atoms with Gasteiger partial charge in [-0.3, -0.25) is 9.79 Å². The van der Waals surface area contributed by atoms with Crippen molar-refractivity contribution in [1.29, 1.82) is 0 Å².